The lowest BCUT2D eigenvalue weighted by atomic mass is 9.74. The number of halogens is 1. The first-order valence-corrected chi connectivity index (χ1v) is 10.4. The van der Waals surface area contributed by atoms with Gasteiger partial charge >= 0.3 is 12.0 Å². The van der Waals surface area contributed by atoms with Crippen molar-refractivity contribution in [2.45, 2.75) is 29.8 Å². The number of amides is 3. The molecule has 32 heavy (non-hydrogen) atoms. The van der Waals surface area contributed by atoms with Crippen LogP contribution in [0.5, 0.6) is 11.5 Å². The average Bonchev–Trinajstić information content (AvgIpc) is 3.25. The van der Waals surface area contributed by atoms with Crippen LogP contribution in [0.1, 0.15) is 24.0 Å². The van der Waals surface area contributed by atoms with Crippen LogP contribution in [0.25, 0.3) is 0 Å². The molecule has 10 heteroatoms. The predicted molar refractivity (Wildman–Crippen MR) is 114 cm³/mol. The second-order valence-corrected chi connectivity index (χ2v) is 8.51. The van der Waals surface area contributed by atoms with Crippen molar-refractivity contribution in [3.8, 4) is 11.5 Å². The fourth-order valence-electron chi connectivity index (χ4n) is 4.24. The average molecular weight is 460 g/mol. The molecule has 0 aliphatic carbocycles. The van der Waals surface area contributed by atoms with Crippen molar-refractivity contribution < 1.29 is 29.0 Å². The number of nitrogens with one attached hydrogen (secondary N) is 1. The fourth-order valence-corrected chi connectivity index (χ4v) is 4.51. The normalized spacial score (nSPS) is 24.1. The monoisotopic (exact) mass is 459 g/mol. The number of ether oxygens (including phenoxy) is 2. The number of hydrogen-bond donors (Lipinski definition) is 3. The van der Waals surface area contributed by atoms with Gasteiger partial charge in [0.25, 0.3) is 5.91 Å². The van der Waals surface area contributed by atoms with Crippen LogP contribution in [0, 0.1) is 0 Å². The molecule has 2 atom stereocenters. The third-order valence-electron chi connectivity index (χ3n) is 5.89. The van der Waals surface area contributed by atoms with E-state index >= 15 is 0 Å². The van der Waals surface area contributed by atoms with E-state index in [1.165, 1.54) is 4.90 Å². The molecular weight excluding hydrogens is 438 g/mol. The van der Waals surface area contributed by atoms with E-state index in [-0.39, 0.29) is 32.7 Å². The second-order valence-electron chi connectivity index (χ2n) is 7.78. The number of fused-ring (bicyclic) bond motifs is 1. The first-order valence-electron chi connectivity index (χ1n) is 9.98. The van der Waals surface area contributed by atoms with Gasteiger partial charge < -0.3 is 30.5 Å². The zero-order valence-corrected chi connectivity index (χ0v) is 17.8. The lowest BCUT2D eigenvalue weighted by Crippen LogP contribution is -2.66. The van der Waals surface area contributed by atoms with Crippen LogP contribution in [-0.4, -0.2) is 46.1 Å². The van der Waals surface area contributed by atoms with Gasteiger partial charge in [-0.2, -0.15) is 0 Å². The topological polar surface area (TPSA) is 131 Å². The Morgan fingerprint density at radius 1 is 1.12 bits per heavy atom. The number of carboxylic acids is 1. The van der Waals surface area contributed by atoms with Gasteiger partial charge in [-0.05, 0) is 29.7 Å². The van der Waals surface area contributed by atoms with Crippen LogP contribution < -0.4 is 20.5 Å². The quantitative estimate of drug-likeness (QED) is 0.587. The van der Waals surface area contributed by atoms with Gasteiger partial charge in [-0.25, -0.2) is 4.79 Å². The maximum absolute atomic E-state index is 13.7. The highest BCUT2D eigenvalue weighted by Crippen LogP contribution is 2.45. The highest BCUT2D eigenvalue weighted by atomic mass is 35.5. The van der Waals surface area contributed by atoms with E-state index in [2.05, 4.69) is 5.32 Å². The Kier molecular flexibility index (Phi) is 5.60. The summed E-state index contributed by atoms with van der Waals surface area (Å²) >= 11 is 6.45. The zero-order valence-electron chi connectivity index (χ0n) is 17.0. The van der Waals surface area contributed by atoms with Crippen LogP contribution >= 0.6 is 11.6 Å². The summed E-state index contributed by atoms with van der Waals surface area (Å²) in [5.41, 5.74) is 5.11. The Balaban J connectivity index is 1.70. The zero-order chi connectivity index (χ0) is 22.9. The summed E-state index contributed by atoms with van der Waals surface area (Å²) in [6.07, 6.45) is -0.381. The number of nitrogens with zero attached hydrogens (tertiary/aromatic N) is 1. The Hall–Kier alpha value is -3.46. The van der Waals surface area contributed by atoms with E-state index in [9.17, 15) is 19.5 Å². The maximum Gasteiger partial charge on any atom is 0.324 e. The van der Waals surface area contributed by atoms with Crippen molar-refractivity contribution >= 4 is 29.5 Å². The number of rotatable bonds is 5. The number of piperidine rings is 1. The summed E-state index contributed by atoms with van der Waals surface area (Å²) in [7, 11) is 0. The molecule has 0 bridgehead atoms. The van der Waals surface area contributed by atoms with E-state index < -0.39 is 28.3 Å². The van der Waals surface area contributed by atoms with Crippen molar-refractivity contribution in [2.75, 3.05) is 13.3 Å². The molecule has 2 aromatic rings. The molecule has 0 saturated carbocycles. The van der Waals surface area contributed by atoms with Crippen LogP contribution in [0.4, 0.5) is 4.79 Å². The van der Waals surface area contributed by atoms with Crippen molar-refractivity contribution in [3.63, 3.8) is 0 Å². The predicted octanol–water partition coefficient (Wildman–Crippen LogP) is 2.16. The van der Waals surface area contributed by atoms with Crippen LogP contribution in [0.2, 0.25) is 0 Å². The molecule has 168 valence electrons. The van der Waals surface area contributed by atoms with Gasteiger partial charge in [0.15, 0.2) is 17.0 Å². The molecular formula is C22H22ClN3O6. The number of carboxylic acid groups (broad SMARTS) is 1. The van der Waals surface area contributed by atoms with Crippen molar-refractivity contribution in [1.29, 1.82) is 0 Å². The molecule has 2 aliphatic heterocycles. The van der Waals surface area contributed by atoms with Gasteiger partial charge in [-0.1, -0.05) is 36.4 Å². The van der Waals surface area contributed by atoms with Crippen LogP contribution in [-0.2, 0) is 21.7 Å². The van der Waals surface area contributed by atoms with Gasteiger partial charge in [0.05, 0.1) is 0 Å². The Morgan fingerprint density at radius 3 is 2.53 bits per heavy atom. The lowest BCUT2D eigenvalue weighted by Gasteiger charge is -2.49. The SMILES string of the molecule is NC(=O)N1CCC(Cl)(C(=O)O)CC1(C(=O)NCc1ccc2c(c1)OCO2)c1ccccc1. The molecule has 1 saturated heterocycles. The Morgan fingerprint density at radius 2 is 1.84 bits per heavy atom. The third kappa shape index (κ3) is 3.69. The van der Waals surface area contributed by atoms with Crippen molar-refractivity contribution in [2.24, 2.45) is 5.73 Å². The van der Waals surface area contributed by atoms with Crippen LogP contribution in [0.3, 0.4) is 0 Å². The Bertz CT molecular complexity index is 1060. The summed E-state index contributed by atoms with van der Waals surface area (Å²) in [4.78, 5) is 37.5. The Labute approximate surface area is 189 Å². The van der Waals surface area contributed by atoms with E-state index in [0.717, 1.165) is 5.56 Å². The number of carbonyl (C=O) groups is 3. The van der Waals surface area contributed by atoms with Crippen molar-refractivity contribution in [3.05, 3.63) is 59.7 Å². The van der Waals surface area contributed by atoms with E-state index in [1.807, 2.05) is 0 Å². The van der Waals surface area contributed by atoms with Crippen molar-refractivity contribution in [1.82, 2.24) is 10.2 Å². The number of primary amides is 1. The molecule has 1 fully saturated rings. The molecule has 2 aliphatic rings. The number of benzene rings is 2. The summed E-state index contributed by atoms with van der Waals surface area (Å²) in [5.74, 6) is -0.656. The largest absolute Gasteiger partial charge is 0.480 e. The number of nitrogens with two attached hydrogens (primary N) is 1. The highest BCUT2D eigenvalue weighted by molar-refractivity contribution is 6.34. The molecule has 0 radical (unpaired) electrons. The second kappa shape index (κ2) is 8.23. The lowest BCUT2D eigenvalue weighted by molar-refractivity contribution is -0.146. The molecule has 4 N–H and O–H groups in total. The van der Waals surface area contributed by atoms with Crippen LogP contribution in [0.15, 0.2) is 48.5 Å². The molecule has 3 amide bonds. The standard InChI is InChI=1S/C22H22ClN3O6/c23-21(19(28)29)8-9-26(20(24)30)22(12-21,15-4-2-1-3-5-15)18(27)25-11-14-6-7-16-17(10-14)32-13-31-16/h1-7,10H,8-9,11-13H2,(H2,24,30)(H,25,27)(H,28,29). The molecule has 4 rings (SSSR count). The van der Waals surface area contributed by atoms with Gasteiger partial charge in [0.2, 0.25) is 6.79 Å². The first kappa shape index (κ1) is 21.8. The maximum atomic E-state index is 13.7. The number of hydrogen-bond acceptors (Lipinski definition) is 5. The summed E-state index contributed by atoms with van der Waals surface area (Å²) in [5, 5.41) is 12.6. The first-order chi connectivity index (χ1) is 15.3. The number of urea groups is 1. The minimum absolute atomic E-state index is 0.0448. The molecule has 2 aromatic carbocycles. The van der Waals surface area contributed by atoms with Gasteiger partial charge in [0.1, 0.15) is 4.87 Å². The number of alkyl halides is 1. The third-order valence-corrected chi connectivity index (χ3v) is 6.38. The minimum atomic E-state index is -1.74. The molecule has 0 spiro atoms. The molecule has 0 aromatic heterocycles. The number of carbonyl (C=O) groups excluding carboxylic acids is 2. The van der Waals surface area contributed by atoms with E-state index in [0.29, 0.717) is 17.1 Å². The fraction of sp³-hybridized carbons (Fsp3) is 0.318. The minimum Gasteiger partial charge on any atom is -0.480 e. The van der Waals surface area contributed by atoms with Gasteiger partial charge in [-0.3, -0.25) is 9.59 Å². The van der Waals surface area contributed by atoms with E-state index in [1.54, 1.807) is 48.5 Å². The molecule has 2 unspecified atom stereocenters. The molecule has 2 heterocycles. The summed E-state index contributed by atoms with van der Waals surface area (Å²) < 4.78 is 10.7. The molecule has 9 nitrogen and oxygen atoms in total. The smallest absolute Gasteiger partial charge is 0.324 e. The summed E-state index contributed by atoms with van der Waals surface area (Å²) in [6, 6.07) is 12.9. The summed E-state index contributed by atoms with van der Waals surface area (Å²) in [6.45, 7) is 0.152. The highest BCUT2D eigenvalue weighted by Gasteiger charge is 2.58. The van der Waals surface area contributed by atoms with Gasteiger partial charge in [-0.15, -0.1) is 11.6 Å². The number of likely N-dealkylation sites (tertiary alicyclic amines) is 1. The van der Waals surface area contributed by atoms with Gasteiger partial charge in [0, 0.05) is 19.5 Å². The number of aliphatic carboxylic acids is 1. The van der Waals surface area contributed by atoms with E-state index in [4.69, 9.17) is 26.8 Å².